The van der Waals surface area contributed by atoms with Crippen molar-refractivity contribution in [3.8, 4) is 0 Å². The van der Waals surface area contributed by atoms with E-state index >= 15 is 0 Å². The number of carbonyl (C=O) groups is 1. The molecule has 0 aliphatic carbocycles. The van der Waals surface area contributed by atoms with Crippen LogP contribution in [0.15, 0.2) is 11.1 Å². The second kappa shape index (κ2) is 5.98. The monoisotopic (exact) mass is 263 g/mol. The SMILES string of the molecule is CCCCOC(=O)Cc1n[nH]c(=O)c2nncnc12. The molecule has 2 aromatic heterocycles. The predicted octanol–water partition coefficient (Wildman–Crippen LogP) is -0.00610. The van der Waals surface area contributed by atoms with Gasteiger partial charge in [0.1, 0.15) is 17.5 Å². The molecule has 0 aromatic carbocycles. The van der Waals surface area contributed by atoms with Crippen molar-refractivity contribution in [2.24, 2.45) is 0 Å². The van der Waals surface area contributed by atoms with Gasteiger partial charge in [-0.2, -0.15) is 5.10 Å². The fourth-order valence-electron chi connectivity index (χ4n) is 1.51. The van der Waals surface area contributed by atoms with E-state index in [1.54, 1.807) is 0 Å². The van der Waals surface area contributed by atoms with Gasteiger partial charge in [0.05, 0.1) is 13.0 Å². The molecule has 0 atom stereocenters. The minimum atomic E-state index is -0.487. The van der Waals surface area contributed by atoms with Crippen molar-refractivity contribution in [3.05, 3.63) is 22.4 Å². The fourth-order valence-corrected chi connectivity index (χ4v) is 1.51. The summed E-state index contributed by atoms with van der Waals surface area (Å²) in [5.74, 6) is -0.409. The molecule has 0 fully saturated rings. The van der Waals surface area contributed by atoms with Crippen molar-refractivity contribution >= 4 is 17.0 Å². The highest BCUT2D eigenvalue weighted by molar-refractivity contribution is 5.80. The highest BCUT2D eigenvalue weighted by atomic mass is 16.5. The summed E-state index contributed by atoms with van der Waals surface area (Å²) < 4.78 is 5.03. The largest absolute Gasteiger partial charge is 0.465 e. The first-order chi connectivity index (χ1) is 9.22. The van der Waals surface area contributed by atoms with Crippen molar-refractivity contribution < 1.29 is 9.53 Å². The van der Waals surface area contributed by atoms with Crippen LogP contribution in [0.25, 0.3) is 11.0 Å². The van der Waals surface area contributed by atoms with Gasteiger partial charge in [0.25, 0.3) is 5.56 Å². The summed E-state index contributed by atoms with van der Waals surface area (Å²) in [6.45, 7) is 2.39. The number of esters is 1. The number of hydrogen-bond donors (Lipinski definition) is 1. The number of rotatable bonds is 5. The van der Waals surface area contributed by atoms with E-state index in [2.05, 4.69) is 25.4 Å². The van der Waals surface area contributed by atoms with Crippen molar-refractivity contribution in [3.63, 3.8) is 0 Å². The third-order valence-electron chi connectivity index (χ3n) is 2.47. The maximum atomic E-state index is 11.6. The van der Waals surface area contributed by atoms with Crippen LogP contribution in [-0.4, -0.2) is 38.0 Å². The summed E-state index contributed by atoms with van der Waals surface area (Å²) >= 11 is 0. The molecule has 1 N–H and O–H groups in total. The smallest absolute Gasteiger partial charge is 0.312 e. The van der Waals surface area contributed by atoms with E-state index in [-0.39, 0.29) is 17.5 Å². The van der Waals surface area contributed by atoms with E-state index in [1.165, 1.54) is 6.33 Å². The van der Waals surface area contributed by atoms with Crippen LogP contribution in [0.3, 0.4) is 0 Å². The second-order valence-corrected chi connectivity index (χ2v) is 3.91. The molecule has 0 aliphatic heterocycles. The molecule has 2 heterocycles. The van der Waals surface area contributed by atoms with Crippen LogP contribution in [0.1, 0.15) is 25.5 Å². The second-order valence-electron chi connectivity index (χ2n) is 3.91. The third-order valence-corrected chi connectivity index (χ3v) is 2.47. The van der Waals surface area contributed by atoms with Gasteiger partial charge in [-0.15, -0.1) is 10.2 Å². The number of unbranched alkanes of at least 4 members (excludes halogenated alkanes) is 1. The van der Waals surface area contributed by atoms with Gasteiger partial charge in [-0.05, 0) is 6.42 Å². The average molecular weight is 263 g/mol. The average Bonchev–Trinajstić information content (AvgIpc) is 2.43. The molecule has 0 radical (unpaired) electrons. The van der Waals surface area contributed by atoms with E-state index in [0.717, 1.165) is 12.8 Å². The van der Waals surface area contributed by atoms with E-state index in [9.17, 15) is 9.59 Å². The molecule has 0 spiro atoms. The van der Waals surface area contributed by atoms with Crippen LogP contribution in [0, 0.1) is 0 Å². The Bertz CT molecular complexity index is 640. The van der Waals surface area contributed by atoms with Crippen LogP contribution in [0.2, 0.25) is 0 Å². The van der Waals surface area contributed by atoms with E-state index in [0.29, 0.717) is 12.3 Å². The molecule has 8 heteroatoms. The Balaban J connectivity index is 2.19. The molecule has 0 bridgehead atoms. The first-order valence-electron chi connectivity index (χ1n) is 5.93. The lowest BCUT2D eigenvalue weighted by Gasteiger charge is -2.04. The minimum absolute atomic E-state index is 0.0598. The Morgan fingerprint density at radius 1 is 1.42 bits per heavy atom. The normalized spacial score (nSPS) is 10.6. The number of carbonyl (C=O) groups excluding carboxylic acids is 1. The molecular formula is C11H13N5O3. The van der Waals surface area contributed by atoms with E-state index in [1.807, 2.05) is 6.92 Å². The highest BCUT2D eigenvalue weighted by Gasteiger charge is 2.13. The van der Waals surface area contributed by atoms with Gasteiger partial charge in [0.15, 0.2) is 5.52 Å². The summed E-state index contributed by atoms with van der Waals surface area (Å²) in [7, 11) is 0. The lowest BCUT2D eigenvalue weighted by atomic mass is 10.2. The van der Waals surface area contributed by atoms with E-state index < -0.39 is 11.5 Å². The minimum Gasteiger partial charge on any atom is -0.465 e. The molecule has 0 amide bonds. The standard InChI is InChI=1S/C11H13N5O3/c1-2-3-4-19-8(17)5-7-9-10(11(18)16-14-7)15-13-6-12-9/h6H,2-5H2,1H3,(H,16,18). The Morgan fingerprint density at radius 3 is 3.05 bits per heavy atom. The zero-order valence-electron chi connectivity index (χ0n) is 10.4. The zero-order valence-corrected chi connectivity index (χ0v) is 10.4. The maximum absolute atomic E-state index is 11.6. The Hall–Kier alpha value is -2.38. The van der Waals surface area contributed by atoms with Crippen molar-refractivity contribution in [1.82, 2.24) is 25.4 Å². The number of hydrogen-bond acceptors (Lipinski definition) is 7. The topological polar surface area (TPSA) is 111 Å². The molecule has 0 unspecified atom stereocenters. The van der Waals surface area contributed by atoms with Crippen LogP contribution in [-0.2, 0) is 16.0 Å². The van der Waals surface area contributed by atoms with Gasteiger partial charge in [0.2, 0.25) is 0 Å². The van der Waals surface area contributed by atoms with Crippen molar-refractivity contribution in [1.29, 1.82) is 0 Å². The van der Waals surface area contributed by atoms with Gasteiger partial charge in [-0.3, -0.25) is 9.59 Å². The highest BCUT2D eigenvalue weighted by Crippen LogP contribution is 2.07. The number of H-pyrrole nitrogens is 1. The van der Waals surface area contributed by atoms with Gasteiger partial charge in [-0.1, -0.05) is 13.3 Å². The number of nitrogens with one attached hydrogen (secondary N) is 1. The first kappa shape index (κ1) is 13.1. The van der Waals surface area contributed by atoms with Crippen molar-refractivity contribution in [2.75, 3.05) is 6.61 Å². The summed E-state index contributed by atoms with van der Waals surface area (Å²) in [5, 5.41) is 13.3. The summed E-state index contributed by atoms with van der Waals surface area (Å²) in [5.41, 5.74) is 0.171. The molecule has 8 nitrogen and oxygen atoms in total. The molecule has 2 aromatic rings. The Labute approximate surface area is 108 Å². The molecule has 2 rings (SSSR count). The van der Waals surface area contributed by atoms with Crippen molar-refractivity contribution in [2.45, 2.75) is 26.2 Å². The summed E-state index contributed by atoms with van der Waals surface area (Å²) in [6.07, 6.45) is 2.91. The van der Waals surface area contributed by atoms with Crippen LogP contribution < -0.4 is 5.56 Å². The Kier molecular flexibility index (Phi) is 4.11. The first-order valence-corrected chi connectivity index (χ1v) is 5.93. The quantitative estimate of drug-likeness (QED) is 0.596. The number of nitrogens with zero attached hydrogens (tertiary/aromatic N) is 4. The summed E-state index contributed by atoms with van der Waals surface area (Å²) in [4.78, 5) is 27.0. The molecule has 0 aliphatic rings. The van der Waals surface area contributed by atoms with Gasteiger partial charge in [-0.25, -0.2) is 10.1 Å². The molecule has 19 heavy (non-hydrogen) atoms. The predicted molar refractivity (Wildman–Crippen MR) is 65.3 cm³/mol. The van der Waals surface area contributed by atoms with Gasteiger partial charge < -0.3 is 4.74 Å². The van der Waals surface area contributed by atoms with Gasteiger partial charge in [0, 0.05) is 0 Å². The molecule has 0 saturated heterocycles. The number of aromatic amines is 1. The molecule has 0 saturated carbocycles. The van der Waals surface area contributed by atoms with Crippen LogP contribution in [0.4, 0.5) is 0 Å². The van der Waals surface area contributed by atoms with E-state index in [4.69, 9.17) is 4.74 Å². The lowest BCUT2D eigenvalue weighted by molar-refractivity contribution is -0.142. The molecular weight excluding hydrogens is 250 g/mol. The number of ether oxygens (including phenoxy) is 1. The number of aromatic nitrogens is 5. The Morgan fingerprint density at radius 2 is 2.26 bits per heavy atom. The third kappa shape index (κ3) is 3.09. The zero-order chi connectivity index (χ0) is 13.7. The number of fused-ring (bicyclic) bond motifs is 1. The maximum Gasteiger partial charge on any atom is 0.312 e. The lowest BCUT2D eigenvalue weighted by Crippen LogP contribution is -2.17. The molecule has 100 valence electrons. The summed E-state index contributed by atoms with van der Waals surface area (Å²) in [6, 6.07) is 0. The van der Waals surface area contributed by atoms with Crippen LogP contribution in [0.5, 0.6) is 0 Å². The fraction of sp³-hybridized carbons (Fsp3) is 0.455. The van der Waals surface area contributed by atoms with Gasteiger partial charge >= 0.3 is 5.97 Å². The van der Waals surface area contributed by atoms with Crippen LogP contribution >= 0.6 is 0 Å².